The van der Waals surface area contributed by atoms with Gasteiger partial charge in [-0.3, -0.25) is 9.59 Å². The lowest BCUT2D eigenvalue weighted by atomic mass is 9.92. The van der Waals surface area contributed by atoms with Crippen LogP contribution in [-0.2, 0) is 4.79 Å². The monoisotopic (exact) mass is 397 g/mol. The Morgan fingerprint density at radius 3 is 2.76 bits per heavy atom. The van der Waals surface area contributed by atoms with Crippen LogP contribution < -0.4 is 0 Å². The number of aliphatic hydroxyl groups excluding tert-OH is 1. The van der Waals surface area contributed by atoms with E-state index in [1.165, 1.54) is 11.3 Å². The number of aliphatic carboxylic acids is 1. The molecule has 25 heavy (non-hydrogen) atoms. The molecule has 1 aliphatic heterocycles. The van der Waals surface area contributed by atoms with Gasteiger partial charge in [0.05, 0.1) is 26.6 Å². The molecule has 0 fully saturated rings. The number of nitrogens with zero attached hydrogens (tertiary/aromatic N) is 1. The van der Waals surface area contributed by atoms with Crippen LogP contribution in [0.25, 0.3) is 0 Å². The molecule has 2 heterocycles. The van der Waals surface area contributed by atoms with E-state index in [2.05, 4.69) is 0 Å². The molecule has 3 rings (SSSR count). The Labute approximate surface area is 158 Å². The molecule has 1 atom stereocenters. The zero-order chi connectivity index (χ0) is 18.3. The van der Waals surface area contributed by atoms with Gasteiger partial charge in [0, 0.05) is 11.3 Å². The smallest absolute Gasteiger partial charge is 0.307 e. The Hall–Kier alpha value is -1.70. The molecule has 0 radical (unpaired) electrons. The molecule has 0 saturated carbocycles. The van der Waals surface area contributed by atoms with Gasteiger partial charge in [0.15, 0.2) is 0 Å². The Morgan fingerprint density at radius 1 is 1.44 bits per heavy atom. The summed E-state index contributed by atoms with van der Waals surface area (Å²) in [4.78, 5) is 26.5. The van der Waals surface area contributed by atoms with Gasteiger partial charge in [-0.25, -0.2) is 0 Å². The molecule has 5 nitrogen and oxygen atoms in total. The van der Waals surface area contributed by atoms with Gasteiger partial charge in [-0.05, 0) is 43.4 Å². The van der Waals surface area contributed by atoms with Crippen LogP contribution in [-0.4, -0.2) is 39.3 Å². The van der Waals surface area contributed by atoms with E-state index in [9.17, 15) is 19.8 Å². The predicted octanol–water partition coefficient (Wildman–Crippen LogP) is 4.38. The maximum absolute atomic E-state index is 13.1. The van der Waals surface area contributed by atoms with E-state index in [0.717, 1.165) is 4.21 Å². The number of carbonyl (C=O) groups excluding carboxylic acids is 1. The summed E-state index contributed by atoms with van der Waals surface area (Å²) in [5.74, 6) is -1.25. The van der Waals surface area contributed by atoms with Crippen LogP contribution >= 0.6 is 34.7 Å². The van der Waals surface area contributed by atoms with Gasteiger partial charge >= 0.3 is 5.97 Å². The van der Waals surface area contributed by atoms with E-state index in [1.807, 2.05) is 12.3 Å². The van der Waals surface area contributed by atoms with Gasteiger partial charge in [-0.1, -0.05) is 11.6 Å². The van der Waals surface area contributed by atoms with Gasteiger partial charge in [0.2, 0.25) is 0 Å². The third-order valence-corrected chi connectivity index (χ3v) is 6.86. The summed E-state index contributed by atoms with van der Waals surface area (Å²) in [5.41, 5.74) is 1.61. The van der Waals surface area contributed by atoms with Crippen LogP contribution in [0.15, 0.2) is 50.1 Å². The fourth-order valence-electron chi connectivity index (χ4n) is 3.19. The SMILES string of the molecule is CSc1ccc(C(=O)N2C(C)=C(CC(=O)O)C3=C(Cl)C(O)=CCC32)s1. The third kappa shape index (κ3) is 3.12. The number of thioether (sulfide) groups is 1. The number of aliphatic hydroxyl groups is 1. The lowest BCUT2D eigenvalue weighted by molar-refractivity contribution is -0.136. The fourth-order valence-corrected chi connectivity index (χ4v) is 4.99. The number of carboxylic acid groups (broad SMARTS) is 1. The first-order valence-electron chi connectivity index (χ1n) is 7.53. The van der Waals surface area contributed by atoms with Crippen LogP contribution in [0, 0.1) is 0 Å². The van der Waals surface area contributed by atoms with Crippen molar-refractivity contribution in [3.8, 4) is 0 Å². The average Bonchev–Trinajstić information content (AvgIpc) is 3.14. The highest BCUT2D eigenvalue weighted by Gasteiger charge is 2.42. The maximum atomic E-state index is 13.1. The topological polar surface area (TPSA) is 77.8 Å². The molecule has 2 aliphatic rings. The summed E-state index contributed by atoms with van der Waals surface area (Å²) >= 11 is 9.22. The van der Waals surface area contributed by atoms with Crippen molar-refractivity contribution in [1.82, 2.24) is 4.90 Å². The number of amides is 1. The molecule has 1 amide bonds. The van der Waals surface area contributed by atoms with E-state index in [1.54, 1.807) is 35.7 Å². The van der Waals surface area contributed by atoms with Crippen LogP contribution in [0.2, 0.25) is 0 Å². The maximum Gasteiger partial charge on any atom is 0.307 e. The van der Waals surface area contributed by atoms with Crippen molar-refractivity contribution in [2.45, 2.75) is 30.0 Å². The van der Waals surface area contributed by atoms with Crippen LogP contribution in [0.3, 0.4) is 0 Å². The fraction of sp³-hybridized carbons (Fsp3) is 0.294. The highest BCUT2D eigenvalue weighted by molar-refractivity contribution is 8.00. The number of carboxylic acids is 1. The van der Waals surface area contributed by atoms with Gasteiger partial charge < -0.3 is 15.1 Å². The third-order valence-electron chi connectivity index (χ3n) is 4.30. The first kappa shape index (κ1) is 18.1. The van der Waals surface area contributed by atoms with Gasteiger partial charge in [0.25, 0.3) is 5.91 Å². The lowest BCUT2D eigenvalue weighted by Gasteiger charge is -2.28. The highest BCUT2D eigenvalue weighted by atomic mass is 35.5. The molecule has 0 bridgehead atoms. The van der Waals surface area contributed by atoms with Crippen molar-refractivity contribution in [1.29, 1.82) is 0 Å². The van der Waals surface area contributed by atoms with Crippen LogP contribution in [0.4, 0.5) is 0 Å². The van der Waals surface area contributed by atoms with Gasteiger partial charge in [-0.2, -0.15) is 0 Å². The van der Waals surface area contributed by atoms with Crippen molar-refractivity contribution in [2.24, 2.45) is 0 Å². The quantitative estimate of drug-likeness (QED) is 0.737. The van der Waals surface area contributed by atoms with Crippen molar-refractivity contribution in [2.75, 3.05) is 6.26 Å². The minimum Gasteiger partial charge on any atom is -0.507 e. The first-order chi connectivity index (χ1) is 11.8. The largest absolute Gasteiger partial charge is 0.507 e. The molecule has 0 spiro atoms. The number of hydrogen-bond donors (Lipinski definition) is 2. The summed E-state index contributed by atoms with van der Waals surface area (Å²) in [6, 6.07) is 3.29. The van der Waals surface area contributed by atoms with Crippen molar-refractivity contribution < 1.29 is 19.8 Å². The molecule has 0 aromatic carbocycles. The van der Waals surface area contributed by atoms with E-state index >= 15 is 0 Å². The number of fused-ring (bicyclic) bond motifs is 1. The second-order valence-electron chi connectivity index (χ2n) is 5.70. The molecule has 132 valence electrons. The summed E-state index contributed by atoms with van der Waals surface area (Å²) in [6.07, 6.45) is 3.66. The molecule has 1 aromatic rings. The average molecular weight is 398 g/mol. The van der Waals surface area contributed by atoms with Crippen molar-refractivity contribution in [3.63, 3.8) is 0 Å². The molecule has 1 unspecified atom stereocenters. The summed E-state index contributed by atoms with van der Waals surface area (Å²) in [5, 5.41) is 19.3. The van der Waals surface area contributed by atoms with E-state index < -0.39 is 5.97 Å². The summed E-state index contributed by atoms with van der Waals surface area (Å²) in [7, 11) is 0. The summed E-state index contributed by atoms with van der Waals surface area (Å²) in [6.45, 7) is 1.73. The molecule has 0 saturated heterocycles. The lowest BCUT2D eigenvalue weighted by Crippen LogP contribution is -2.36. The molecular formula is C17H16ClNO4S2. The van der Waals surface area contributed by atoms with Gasteiger partial charge in [0.1, 0.15) is 5.76 Å². The number of rotatable bonds is 4. The van der Waals surface area contributed by atoms with Crippen molar-refractivity contribution >= 4 is 46.6 Å². The van der Waals surface area contributed by atoms with E-state index in [0.29, 0.717) is 28.1 Å². The first-order valence-corrected chi connectivity index (χ1v) is 9.95. The van der Waals surface area contributed by atoms with Crippen molar-refractivity contribution in [3.05, 3.63) is 50.7 Å². The van der Waals surface area contributed by atoms with Crippen LogP contribution in [0.5, 0.6) is 0 Å². The number of hydrogen-bond acceptors (Lipinski definition) is 5. The van der Waals surface area contributed by atoms with Gasteiger partial charge in [-0.15, -0.1) is 23.1 Å². The molecule has 1 aliphatic carbocycles. The Kier molecular flexibility index (Phi) is 4.99. The Balaban J connectivity index is 2.06. The Morgan fingerprint density at radius 2 is 2.16 bits per heavy atom. The van der Waals surface area contributed by atoms with Crippen LogP contribution in [0.1, 0.15) is 29.4 Å². The number of thiophene rings is 1. The minimum atomic E-state index is -1.01. The predicted molar refractivity (Wildman–Crippen MR) is 99.2 cm³/mol. The molecule has 1 aromatic heterocycles. The summed E-state index contributed by atoms with van der Waals surface area (Å²) < 4.78 is 1.03. The normalized spacial score (nSPS) is 20.0. The zero-order valence-electron chi connectivity index (χ0n) is 13.6. The second kappa shape index (κ2) is 6.90. The van der Waals surface area contributed by atoms with E-state index in [-0.39, 0.29) is 29.2 Å². The highest BCUT2D eigenvalue weighted by Crippen LogP contribution is 2.45. The molecule has 8 heteroatoms. The minimum absolute atomic E-state index is 0.0707. The zero-order valence-corrected chi connectivity index (χ0v) is 16.0. The van der Waals surface area contributed by atoms with E-state index in [4.69, 9.17) is 11.6 Å². The second-order valence-corrected chi connectivity index (χ2v) is 8.27. The number of halogens is 1. The number of carbonyl (C=O) groups is 2. The standard InChI is InChI=1S/C17H16ClNO4S2/c1-8-9(7-13(21)22)15-10(3-4-11(20)16(15)18)19(8)17(23)12-5-6-14(24-2)25-12/h4-6,10,20H,3,7H2,1-2H3,(H,21,22). The molecule has 2 N–H and O–H groups in total. The molecular weight excluding hydrogens is 382 g/mol. The number of allylic oxidation sites excluding steroid dienone is 2. The Bertz CT molecular complexity index is 853.